The fourth-order valence-corrected chi connectivity index (χ4v) is 4.58. The van der Waals surface area contributed by atoms with Crippen molar-refractivity contribution < 1.29 is 18.0 Å². The van der Waals surface area contributed by atoms with Crippen LogP contribution in [0.3, 0.4) is 0 Å². The fourth-order valence-electron chi connectivity index (χ4n) is 3.02. The van der Waals surface area contributed by atoms with Crippen LogP contribution in [0.2, 0.25) is 0 Å². The van der Waals surface area contributed by atoms with Gasteiger partial charge in [0.15, 0.2) is 5.78 Å². The summed E-state index contributed by atoms with van der Waals surface area (Å²) >= 11 is 1.75. The van der Waals surface area contributed by atoms with Crippen LogP contribution in [0.1, 0.15) is 34.8 Å². The van der Waals surface area contributed by atoms with E-state index in [1.807, 2.05) is 4.98 Å². The van der Waals surface area contributed by atoms with Crippen molar-refractivity contribution in [2.24, 2.45) is 0 Å². The number of nitrogens with one attached hydrogen (secondary N) is 1. The maximum Gasteiger partial charge on any atom is 0.417 e. The van der Waals surface area contributed by atoms with E-state index in [1.54, 1.807) is 24.4 Å². The van der Waals surface area contributed by atoms with Crippen molar-refractivity contribution in [3.63, 3.8) is 0 Å². The molecule has 0 aliphatic heterocycles. The van der Waals surface area contributed by atoms with Crippen molar-refractivity contribution in [3.8, 4) is 16.6 Å². The van der Waals surface area contributed by atoms with Gasteiger partial charge in [-0.05, 0) is 23.9 Å². The number of nitrogens with two attached hydrogens (primary N) is 1. The lowest BCUT2D eigenvalue weighted by molar-refractivity contribution is -0.138. The molecule has 0 atom stereocenters. The van der Waals surface area contributed by atoms with Gasteiger partial charge in [0.25, 0.3) is 5.56 Å². The highest BCUT2D eigenvalue weighted by Gasteiger charge is 2.36. The molecule has 3 aromatic rings. The summed E-state index contributed by atoms with van der Waals surface area (Å²) in [5.74, 6) is -1.66. The Labute approximate surface area is 192 Å². The highest BCUT2D eigenvalue weighted by molar-refractivity contribution is 8.00. The molecular weight excluding hydrogens is 479 g/mol. The molecule has 0 aliphatic rings. The zero-order chi connectivity index (χ0) is 24.3. The summed E-state index contributed by atoms with van der Waals surface area (Å²) in [6.07, 6.45) is -4.32. The molecule has 0 spiro atoms. The van der Waals surface area contributed by atoms with Gasteiger partial charge in [0.05, 0.1) is 27.5 Å². The third-order valence-corrected chi connectivity index (χ3v) is 6.35. The molecule has 0 saturated heterocycles. The van der Waals surface area contributed by atoms with Gasteiger partial charge in [-0.2, -0.15) is 18.4 Å². The predicted molar refractivity (Wildman–Crippen MR) is 118 cm³/mol. The van der Waals surface area contributed by atoms with E-state index in [-0.39, 0.29) is 23.1 Å². The number of halogens is 3. The number of nitrogen functional groups attached to an aromatic ring is 1. The van der Waals surface area contributed by atoms with Crippen LogP contribution >= 0.6 is 23.1 Å². The molecule has 0 radical (unpaired) electrons. The van der Waals surface area contributed by atoms with Crippen LogP contribution in [0, 0.1) is 11.3 Å². The summed E-state index contributed by atoms with van der Waals surface area (Å²) in [6.45, 7) is 1.93. The molecular formula is C20H16F3N5O3S2. The Morgan fingerprint density at radius 2 is 2.12 bits per heavy atom. The summed E-state index contributed by atoms with van der Waals surface area (Å²) in [6, 6.07) is 5.53. The number of aromatic amines is 1. The van der Waals surface area contributed by atoms with E-state index in [9.17, 15) is 32.8 Å². The molecule has 0 unspecified atom stereocenters. The van der Waals surface area contributed by atoms with Gasteiger partial charge in [0, 0.05) is 6.54 Å². The molecule has 3 rings (SSSR count). The van der Waals surface area contributed by atoms with Crippen LogP contribution in [-0.2, 0) is 12.7 Å². The Kier molecular flexibility index (Phi) is 7.09. The number of anilines is 1. The van der Waals surface area contributed by atoms with Gasteiger partial charge in [-0.15, -0.1) is 11.3 Å². The first-order chi connectivity index (χ1) is 15.6. The third kappa shape index (κ3) is 5.01. The minimum atomic E-state index is -4.82. The summed E-state index contributed by atoms with van der Waals surface area (Å²) < 4.78 is 41.9. The van der Waals surface area contributed by atoms with Gasteiger partial charge in [0.2, 0.25) is 0 Å². The van der Waals surface area contributed by atoms with E-state index in [2.05, 4.69) is 4.98 Å². The maximum absolute atomic E-state index is 13.6. The summed E-state index contributed by atoms with van der Waals surface area (Å²) in [4.78, 5) is 43.5. The smallest absolute Gasteiger partial charge is 0.384 e. The Balaban J connectivity index is 2.03. The number of aromatic nitrogens is 3. The Morgan fingerprint density at radius 3 is 2.70 bits per heavy atom. The number of pyridine rings is 1. The molecule has 0 aliphatic carbocycles. The SMILES string of the molecule is CCCn1c(N)c(C(=O)CSc2nc(-c3cccs3)cc(C(F)(F)F)c2C#N)c(=O)[nH]c1=O. The number of carbonyl (C=O) groups is 1. The summed E-state index contributed by atoms with van der Waals surface area (Å²) in [5, 5.41) is 10.7. The number of thioether (sulfide) groups is 1. The highest BCUT2D eigenvalue weighted by atomic mass is 32.2. The van der Waals surface area contributed by atoms with Crippen molar-refractivity contribution in [1.29, 1.82) is 5.26 Å². The number of nitrogens with zero attached hydrogens (tertiary/aromatic N) is 3. The minimum absolute atomic E-state index is 0.000121. The van der Waals surface area contributed by atoms with Crippen LogP contribution < -0.4 is 17.0 Å². The second-order valence-corrected chi connectivity index (χ2v) is 8.62. The second kappa shape index (κ2) is 9.63. The van der Waals surface area contributed by atoms with Crippen LogP contribution in [0.5, 0.6) is 0 Å². The Morgan fingerprint density at radius 1 is 1.39 bits per heavy atom. The number of rotatable bonds is 7. The van der Waals surface area contributed by atoms with Crippen molar-refractivity contribution in [2.75, 3.05) is 11.5 Å². The van der Waals surface area contributed by atoms with Crippen LogP contribution in [-0.4, -0.2) is 26.1 Å². The summed E-state index contributed by atoms with van der Waals surface area (Å²) in [7, 11) is 0. The fraction of sp³-hybridized carbons (Fsp3) is 0.250. The lowest BCUT2D eigenvalue weighted by atomic mass is 10.1. The van der Waals surface area contributed by atoms with Crippen molar-refractivity contribution in [3.05, 3.63) is 61.1 Å². The standard InChI is InChI=1S/C20H16F3N5O3S2/c1-2-5-28-16(25)15(17(30)27-19(28)31)13(29)9-33-18-10(8-24)11(20(21,22)23)7-12(26-18)14-4-3-6-32-14/h3-4,6-7H,2,5,9,25H2,1H3,(H,27,30,31). The van der Waals surface area contributed by atoms with E-state index in [0.717, 1.165) is 10.6 Å². The van der Waals surface area contributed by atoms with E-state index in [1.165, 1.54) is 17.4 Å². The monoisotopic (exact) mass is 495 g/mol. The number of nitriles is 1. The van der Waals surface area contributed by atoms with Crippen LogP contribution in [0.25, 0.3) is 10.6 Å². The van der Waals surface area contributed by atoms with Gasteiger partial charge in [-0.1, -0.05) is 24.8 Å². The number of H-pyrrole nitrogens is 1. The maximum atomic E-state index is 13.6. The summed E-state index contributed by atoms with van der Waals surface area (Å²) in [5.41, 5.74) is 1.73. The first kappa shape index (κ1) is 24.3. The van der Waals surface area contributed by atoms with Crippen LogP contribution in [0.4, 0.5) is 19.0 Å². The molecule has 33 heavy (non-hydrogen) atoms. The predicted octanol–water partition coefficient (Wildman–Crippen LogP) is 3.52. The zero-order valence-electron chi connectivity index (χ0n) is 17.0. The van der Waals surface area contributed by atoms with Gasteiger partial charge >= 0.3 is 11.9 Å². The zero-order valence-corrected chi connectivity index (χ0v) is 18.7. The molecule has 13 heteroatoms. The van der Waals surface area contributed by atoms with Crippen molar-refractivity contribution in [2.45, 2.75) is 31.1 Å². The molecule has 0 fully saturated rings. The molecule has 0 amide bonds. The van der Waals surface area contributed by atoms with Crippen molar-refractivity contribution in [1.82, 2.24) is 14.5 Å². The number of hydrogen-bond donors (Lipinski definition) is 2. The average molecular weight is 496 g/mol. The van der Waals surface area contributed by atoms with Gasteiger partial charge < -0.3 is 5.73 Å². The Hall–Kier alpha value is -3.37. The largest absolute Gasteiger partial charge is 0.417 e. The molecule has 3 heterocycles. The van der Waals surface area contributed by atoms with Gasteiger partial charge in [-0.3, -0.25) is 19.1 Å². The third-order valence-electron chi connectivity index (χ3n) is 4.48. The van der Waals surface area contributed by atoms with E-state index >= 15 is 0 Å². The molecule has 0 aromatic carbocycles. The molecule has 8 nitrogen and oxygen atoms in total. The number of Topliss-reactive ketones (excluding diaryl/α,β-unsaturated/α-hetero) is 1. The van der Waals surface area contributed by atoms with Gasteiger partial charge in [-0.25, -0.2) is 9.78 Å². The van der Waals surface area contributed by atoms with Crippen LogP contribution in [0.15, 0.2) is 38.2 Å². The van der Waals surface area contributed by atoms with Gasteiger partial charge in [0.1, 0.15) is 22.5 Å². The lowest BCUT2D eigenvalue weighted by Crippen LogP contribution is -2.36. The molecule has 0 saturated carbocycles. The van der Waals surface area contributed by atoms with E-state index < -0.39 is 45.7 Å². The molecule has 3 aromatic heterocycles. The molecule has 3 N–H and O–H groups in total. The topological polar surface area (TPSA) is 135 Å². The molecule has 172 valence electrons. The molecule has 0 bridgehead atoms. The number of carbonyl (C=O) groups excluding carboxylic acids is 1. The average Bonchev–Trinajstić information content (AvgIpc) is 3.28. The highest BCUT2D eigenvalue weighted by Crippen LogP contribution is 2.38. The minimum Gasteiger partial charge on any atom is -0.384 e. The first-order valence-electron chi connectivity index (χ1n) is 9.43. The first-order valence-corrected chi connectivity index (χ1v) is 11.3. The number of alkyl halides is 3. The normalized spacial score (nSPS) is 11.4. The number of ketones is 1. The Bertz CT molecular complexity index is 1360. The van der Waals surface area contributed by atoms with Crippen molar-refractivity contribution >= 4 is 34.7 Å². The van der Waals surface area contributed by atoms with E-state index in [0.29, 0.717) is 23.1 Å². The number of hydrogen-bond acceptors (Lipinski definition) is 8. The van der Waals surface area contributed by atoms with E-state index in [4.69, 9.17) is 5.73 Å². The lowest BCUT2D eigenvalue weighted by Gasteiger charge is -2.14. The quantitative estimate of drug-likeness (QED) is 0.378. The second-order valence-electron chi connectivity index (χ2n) is 6.71. The number of thiophene rings is 1.